The second-order valence-electron chi connectivity index (χ2n) is 3.80. The second-order valence-corrected chi connectivity index (χ2v) is 5.74. The maximum absolute atomic E-state index is 7.02. The Bertz CT molecular complexity index is 457. The van der Waals surface area contributed by atoms with Crippen molar-refractivity contribution in [3.05, 3.63) is 31.3 Å². The summed E-state index contributed by atoms with van der Waals surface area (Å²) < 4.78 is 2.27. The molecule has 0 aliphatic heterocycles. The number of hydrogen-bond acceptors (Lipinski definition) is 2. The molecule has 4 N–H and O–H groups in total. The van der Waals surface area contributed by atoms with E-state index >= 15 is 0 Å². The SMILES string of the molecule is CC(C)c1c(/C=N/NC(=N)N)ccc(Br)c1I. The Morgan fingerprint density at radius 3 is 2.76 bits per heavy atom. The number of nitrogens with one attached hydrogen (secondary N) is 2. The lowest BCUT2D eigenvalue weighted by Crippen LogP contribution is -2.25. The van der Waals surface area contributed by atoms with Gasteiger partial charge >= 0.3 is 0 Å². The van der Waals surface area contributed by atoms with Gasteiger partial charge in [-0.05, 0) is 61.6 Å². The third-order valence-electron chi connectivity index (χ3n) is 2.13. The van der Waals surface area contributed by atoms with E-state index in [0.29, 0.717) is 5.92 Å². The summed E-state index contributed by atoms with van der Waals surface area (Å²) in [6.07, 6.45) is 1.69. The monoisotopic (exact) mass is 408 g/mol. The van der Waals surface area contributed by atoms with Crippen LogP contribution in [0.1, 0.15) is 30.9 Å². The lowest BCUT2D eigenvalue weighted by Gasteiger charge is -2.13. The Morgan fingerprint density at radius 1 is 1.59 bits per heavy atom. The highest BCUT2D eigenvalue weighted by Crippen LogP contribution is 2.30. The van der Waals surface area contributed by atoms with Crippen LogP contribution in [-0.4, -0.2) is 12.2 Å². The van der Waals surface area contributed by atoms with Gasteiger partial charge in [0.2, 0.25) is 5.96 Å². The van der Waals surface area contributed by atoms with Crippen molar-refractivity contribution >= 4 is 50.7 Å². The smallest absolute Gasteiger partial charge is 0.206 e. The van der Waals surface area contributed by atoms with E-state index in [1.807, 2.05) is 12.1 Å². The largest absolute Gasteiger partial charge is 0.369 e. The van der Waals surface area contributed by atoms with Gasteiger partial charge in [0.25, 0.3) is 0 Å². The molecule has 0 unspecified atom stereocenters. The van der Waals surface area contributed by atoms with Crippen LogP contribution in [-0.2, 0) is 0 Å². The van der Waals surface area contributed by atoms with Crippen LogP contribution >= 0.6 is 38.5 Å². The van der Waals surface area contributed by atoms with E-state index in [1.165, 1.54) is 9.13 Å². The molecule has 1 aromatic rings. The molecule has 1 rings (SSSR count). The van der Waals surface area contributed by atoms with E-state index in [9.17, 15) is 0 Å². The van der Waals surface area contributed by atoms with E-state index < -0.39 is 0 Å². The zero-order chi connectivity index (χ0) is 13.0. The zero-order valence-electron chi connectivity index (χ0n) is 9.59. The van der Waals surface area contributed by atoms with Crippen molar-refractivity contribution in [1.29, 1.82) is 5.41 Å². The number of benzene rings is 1. The van der Waals surface area contributed by atoms with Crippen molar-refractivity contribution in [3.63, 3.8) is 0 Å². The van der Waals surface area contributed by atoms with Crippen LogP contribution in [0.3, 0.4) is 0 Å². The summed E-state index contributed by atoms with van der Waals surface area (Å²) in [4.78, 5) is 0. The third-order valence-corrected chi connectivity index (χ3v) is 4.70. The van der Waals surface area contributed by atoms with E-state index in [1.54, 1.807) is 6.21 Å². The number of hydrazone groups is 1. The van der Waals surface area contributed by atoms with E-state index in [0.717, 1.165) is 10.0 Å². The van der Waals surface area contributed by atoms with Gasteiger partial charge in [0, 0.05) is 8.04 Å². The predicted molar refractivity (Wildman–Crippen MR) is 83.6 cm³/mol. The summed E-state index contributed by atoms with van der Waals surface area (Å²) in [5, 5.41) is 10.9. The molecule has 0 fully saturated rings. The minimum Gasteiger partial charge on any atom is -0.369 e. The first-order valence-electron chi connectivity index (χ1n) is 5.04. The molecule has 0 heterocycles. The molecule has 6 heteroatoms. The molecule has 4 nitrogen and oxygen atoms in total. The van der Waals surface area contributed by atoms with Crippen molar-refractivity contribution in [2.45, 2.75) is 19.8 Å². The summed E-state index contributed by atoms with van der Waals surface area (Å²) in [6, 6.07) is 3.98. The molecular weight excluding hydrogens is 395 g/mol. The highest BCUT2D eigenvalue weighted by molar-refractivity contribution is 14.1. The Kier molecular flexibility index (Phi) is 5.38. The molecule has 0 radical (unpaired) electrons. The molecule has 0 spiro atoms. The standard InChI is InChI=1S/C11H14BrIN4/c1-6(2)9-7(5-16-17-11(14)15)3-4-8(12)10(9)13/h3-6H,1-2H3,(H4,14,15,17)/b16-5+. The first-order chi connectivity index (χ1) is 7.93. The van der Waals surface area contributed by atoms with Crippen molar-refractivity contribution in [1.82, 2.24) is 5.43 Å². The predicted octanol–water partition coefficient (Wildman–Crippen LogP) is 2.99. The third kappa shape index (κ3) is 3.95. The topological polar surface area (TPSA) is 74.3 Å². The normalized spacial score (nSPS) is 11.1. The molecule has 17 heavy (non-hydrogen) atoms. The Hall–Kier alpha value is -0.630. The van der Waals surface area contributed by atoms with Crippen molar-refractivity contribution in [3.8, 4) is 0 Å². The van der Waals surface area contributed by atoms with Crippen LogP contribution in [0.4, 0.5) is 0 Å². The molecule has 0 aliphatic rings. The Labute approximate surface area is 123 Å². The summed E-state index contributed by atoms with van der Waals surface area (Å²) in [5.41, 5.74) is 9.83. The molecule has 0 amide bonds. The highest BCUT2D eigenvalue weighted by Gasteiger charge is 2.11. The van der Waals surface area contributed by atoms with Gasteiger partial charge in [-0.1, -0.05) is 19.9 Å². The number of rotatable bonds is 3. The number of nitrogens with zero attached hydrogens (tertiary/aromatic N) is 1. The number of hydrogen-bond donors (Lipinski definition) is 3. The minimum absolute atomic E-state index is 0.167. The van der Waals surface area contributed by atoms with E-state index in [-0.39, 0.29) is 5.96 Å². The fraction of sp³-hybridized carbons (Fsp3) is 0.273. The average Bonchev–Trinajstić information content (AvgIpc) is 2.22. The highest BCUT2D eigenvalue weighted by atomic mass is 127. The Balaban J connectivity index is 3.11. The molecule has 0 aliphatic carbocycles. The fourth-order valence-electron chi connectivity index (χ4n) is 1.45. The van der Waals surface area contributed by atoms with Gasteiger partial charge in [-0.25, -0.2) is 5.43 Å². The maximum Gasteiger partial charge on any atom is 0.206 e. The molecule has 92 valence electrons. The molecule has 0 bridgehead atoms. The van der Waals surface area contributed by atoms with Crippen LogP contribution in [0.2, 0.25) is 0 Å². The summed E-state index contributed by atoms with van der Waals surface area (Å²) >= 11 is 5.83. The van der Waals surface area contributed by atoms with Crippen molar-refractivity contribution in [2.24, 2.45) is 10.8 Å². The van der Waals surface area contributed by atoms with E-state index in [2.05, 4.69) is 62.9 Å². The quantitative estimate of drug-likeness (QED) is 0.311. The van der Waals surface area contributed by atoms with Gasteiger partial charge in [0.1, 0.15) is 0 Å². The minimum atomic E-state index is -0.167. The van der Waals surface area contributed by atoms with Gasteiger partial charge in [0.15, 0.2) is 0 Å². The molecule has 0 saturated heterocycles. The van der Waals surface area contributed by atoms with Crippen molar-refractivity contribution in [2.75, 3.05) is 0 Å². The van der Waals surface area contributed by atoms with E-state index in [4.69, 9.17) is 11.1 Å². The number of halogens is 2. The van der Waals surface area contributed by atoms with Gasteiger partial charge < -0.3 is 5.73 Å². The molecular formula is C11H14BrIN4. The maximum atomic E-state index is 7.02. The summed E-state index contributed by atoms with van der Waals surface area (Å²) in [6.45, 7) is 4.28. The lowest BCUT2D eigenvalue weighted by atomic mass is 9.98. The number of nitrogens with two attached hydrogens (primary N) is 1. The fourth-order valence-corrected chi connectivity index (χ4v) is 2.91. The zero-order valence-corrected chi connectivity index (χ0v) is 13.3. The number of guanidine groups is 1. The average molecular weight is 409 g/mol. The van der Waals surface area contributed by atoms with Gasteiger partial charge in [0.05, 0.1) is 6.21 Å². The summed E-state index contributed by atoms with van der Waals surface area (Å²) in [5.74, 6) is 0.234. The first kappa shape index (κ1) is 14.4. The van der Waals surface area contributed by atoms with Crippen LogP contribution in [0.25, 0.3) is 0 Å². The van der Waals surface area contributed by atoms with Crippen molar-refractivity contribution < 1.29 is 0 Å². The first-order valence-corrected chi connectivity index (χ1v) is 6.91. The molecule has 0 aromatic heterocycles. The van der Waals surface area contributed by atoms with Crippen LogP contribution in [0.5, 0.6) is 0 Å². The second kappa shape index (κ2) is 6.34. The van der Waals surface area contributed by atoms with Crippen LogP contribution < -0.4 is 11.2 Å². The van der Waals surface area contributed by atoms with Gasteiger partial charge in [-0.3, -0.25) is 5.41 Å². The Morgan fingerprint density at radius 2 is 2.24 bits per heavy atom. The molecule has 0 saturated carbocycles. The lowest BCUT2D eigenvalue weighted by molar-refractivity contribution is 0.856. The van der Waals surface area contributed by atoms with Gasteiger partial charge in [-0.15, -0.1) is 0 Å². The van der Waals surface area contributed by atoms with Crippen LogP contribution in [0, 0.1) is 8.98 Å². The summed E-state index contributed by atoms with van der Waals surface area (Å²) in [7, 11) is 0. The molecule has 1 aromatic carbocycles. The van der Waals surface area contributed by atoms with Gasteiger partial charge in [-0.2, -0.15) is 5.10 Å². The van der Waals surface area contributed by atoms with Crippen LogP contribution in [0.15, 0.2) is 21.7 Å². The molecule has 0 atom stereocenters.